The number of benzene rings is 1. The maximum absolute atomic E-state index is 11.7. The molecule has 0 aliphatic heterocycles. The second-order valence-corrected chi connectivity index (χ2v) is 21.4. The van der Waals surface area contributed by atoms with Crippen LogP contribution in [0.4, 0.5) is 0 Å². The van der Waals surface area contributed by atoms with E-state index >= 15 is 0 Å². The van der Waals surface area contributed by atoms with Crippen LogP contribution in [0.2, 0.25) is 0 Å². The summed E-state index contributed by atoms with van der Waals surface area (Å²) in [5.74, 6) is -0.0277. The summed E-state index contributed by atoms with van der Waals surface area (Å²) in [6, 6.07) is 4.95. The third-order valence-electron chi connectivity index (χ3n) is 8.75. The molecule has 3 saturated carbocycles. The molecule has 0 spiro atoms. The van der Waals surface area contributed by atoms with Crippen molar-refractivity contribution in [3.05, 3.63) is 23.8 Å². The van der Waals surface area contributed by atoms with Crippen LogP contribution in [0, 0.1) is 0 Å². The summed E-state index contributed by atoms with van der Waals surface area (Å²) in [5.41, 5.74) is 4.36. The predicted octanol–water partition coefficient (Wildman–Crippen LogP) is 9.61. The minimum absolute atomic E-state index is 0.0121. The Labute approximate surface area is 268 Å². The van der Waals surface area contributed by atoms with E-state index in [1.165, 1.54) is 24.1 Å². The molecule has 3 aliphatic carbocycles. The van der Waals surface area contributed by atoms with Gasteiger partial charge < -0.3 is 0 Å². The molecule has 4 rings (SSSR count). The Kier molecular flexibility index (Phi) is 16.9. The van der Waals surface area contributed by atoms with Gasteiger partial charge in [-0.25, -0.2) is 0 Å². The van der Waals surface area contributed by atoms with Crippen LogP contribution in [0.15, 0.2) is 18.2 Å². The Bertz CT molecular complexity index is 955. The van der Waals surface area contributed by atoms with Gasteiger partial charge in [0.15, 0.2) is 0 Å². The van der Waals surface area contributed by atoms with Gasteiger partial charge in [-0.3, -0.25) is 0 Å². The second-order valence-electron chi connectivity index (χ2n) is 12.2. The number of hydrogen-bond acceptors (Lipinski definition) is 5. The Balaban J connectivity index is 0.000000234. The van der Waals surface area contributed by atoms with E-state index in [4.69, 9.17) is 28.9 Å². The Morgan fingerprint density at radius 3 is 1.74 bits per heavy atom. The first-order valence-corrected chi connectivity index (χ1v) is 23.3. The van der Waals surface area contributed by atoms with E-state index in [9.17, 15) is 9.59 Å². The van der Waals surface area contributed by atoms with E-state index in [1.54, 1.807) is 119 Å². The van der Waals surface area contributed by atoms with E-state index in [0.717, 1.165) is 0 Å². The van der Waals surface area contributed by atoms with Gasteiger partial charge >= 0.3 is 148 Å². The second kappa shape index (κ2) is 19.8. The zero-order chi connectivity index (χ0) is 30.3. The molecule has 0 heterocycles. The van der Waals surface area contributed by atoms with Crippen molar-refractivity contribution in [2.24, 2.45) is 0 Å². The number of esters is 2. The van der Waals surface area contributed by atoms with E-state index in [0.29, 0.717) is 17.1 Å². The van der Waals surface area contributed by atoms with Crippen LogP contribution in [0.25, 0.3) is 0 Å². The zero-order valence-electron chi connectivity index (χ0n) is 25.8. The molecule has 5 nitrogen and oxygen atoms in total. The molecule has 240 valence electrons. The van der Waals surface area contributed by atoms with Crippen molar-refractivity contribution in [3.63, 3.8) is 0 Å². The fourth-order valence-electron chi connectivity index (χ4n) is 6.91. The van der Waals surface area contributed by atoms with E-state index < -0.39 is 25.5 Å². The van der Waals surface area contributed by atoms with Crippen LogP contribution in [0.5, 0.6) is 11.5 Å². The van der Waals surface area contributed by atoms with Gasteiger partial charge in [0, 0.05) is 7.92 Å². The number of rotatable bonds is 10. The average Bonchev–Trinajstić information content (AvgIpc) is 2.99. The van der Waals surface area contributed by atoms with E-state index in [2.05, 4.69) is 4.74 Å². The van der Waals surface area contributed by atoms with Crippen molar-refractivity contribution < 1.29 is 37.3 Å². The van der Waals surface area contributed by atoms with Crippen LogP contribution >= 0.6 is 27.3 Å². The number of methoxy groups -OCH3 is 1. The average molecular weight is 732 g/mol. The van der Waals surface area contributed by atoms with Crippen LogP contribution in [0.1, 0.15) is 129 Å². The summed E-state index contributed by atoms with van der Waals surface area (Å²) in [7, 11) is 13.1. The number of hydrogen-bond donors (Lipinski definition) is 0. The van der Waals surface area contributed by atoms with Crippen LogP contribution in [-0.4, -0.2) is 46.7 Å². The quantitative estimate of drug-likeness (QED) is 0.104. The fourth-order valence-corrected chi connectivity index (χ4v) is 13.9. The summed E-state index contributed by atoms with van der Waals surface area (Å²) < 4.78 is 17.1. The van der Waals surface area contributed by atoms with Crippen molar-refractivity contribution in [2.75, 3.05) is 7.11 Å². The Morgan fingerprint density at radius 1 is 0.833 bits per heavy atom. The number of carbonyl (C=O) groups is 2. The molecule has 0 unspecified atom stereocenters. The van der Waals surface area contributed by atoms with Gasteiger partial charge in [0.25, 0.3) is 0 Å². The normalized spacial score (nSPS) is 19.1. The van der Waals surface area contributed by atoms with Crippen molar-refractivity contribution in [3.8, 4) is 11.5 Å². The molecule has 0 bridgehead atoms. The SMILES string of the molecule is C1CCC([PH+](C2CCCCC2)C2CCCCC2)CC1.COC(=O)CCC(=O)Oc1ccc(OC(C)C)c([CH]=[Ru]([Cl])[Cl])c1. The fraction of sp³-hybridized carbons (Fsp3) is 0.727. The molecular formula is C33H52Cl2O5PRu+. The molecule has 1 aromatic carbocycles. The zero-order valence-corrected chi connectivity index (χ0v) is 30.0. The summed E-state index contributed by atoms with van der Waals surface area (Å²) in [5, 5.41) is 0. The van der Waals surface area contributed by atoms with Crippen LogP contribution in [0.3, 0.4) is 0 Å². The molecule has 3 aliphatic rings. The van der Waals surface area contributed by atoms with E-state index in [1.807, 2.05) is 13.8 Å². The van der Waals surface area contributed by atoms with Crippen LogP contribution < -0.4 is 9.47 Å². The monoisotopic (exact) mass is 731 g/mol. The third-order valence-corrected chi connectivity index (χ3v) is 15.1. The third kappa shape index (κ3) is 12.8. The standard InChI is InChI=1S/C18H33P.C15H18O5.2ClH.Ru/c1-4-10-16(11-5-1)19(17-12-6-2-7-13-17)18-14-8-3-9-15-18;1-10(2)19-13-6-5-12(9-11(13)3)20-15(17)8-7-14(16)18-4;;;/h16-18H,1-15H2;3,5-6,9-10H,7-8H2,1-2,4H3;2*1H;/q;;;;+2/p-1. The van der Waals surface area contributed by atoms with Gasteiger partial charge in [-0.2, -0.15) is 0 Å². The molecule has 1 aromatic rings. The molecule has 0 radical (unpaired) electrons. The van der Waals surface area contributed by atoms with Gasteiger partial charge in [0.05, 0.1) is 17.0 Å². The van der Waals surface area contributed by atoms with Gasteiger partial charge in [-0.05, 0) is 77.0 Å². The first-order valence-electron chi connectivity index (χ1n) is 16.0. The minimum atomic E-state index is -2.06. The molecule has 0 amide bonds. The van der Waals surface area contributed by atoms with Gasteiger partial charge in [-0.15, -0.1) is 0 Å². The molecule has 3 fully saturated rings. The maximum atomic E-state index is 11.7. The van der Waals surface area contributed by atoms with Crippen molar-refractivity contribution in [1.82, 2.24) is 0 Å². The van der Waals surface area contributed by atoms with Gasteiger partial charge in [0.1, 0.15) is 0 Å². The molecule has 0 aromatic heterocycles. The van der Waals surface area contributed by atoms with Gasteiger partial charge in [0.2, 0.25) is 0 Å². The molecule has 9 heteroatoms. The summed E-state index contributed by atoms with van der Waals surface area (Å²) in [4.78, 5) is 22.7. The molecule has 42 heavy (non-hydrogen) atoms. The number of carbonyl (C=O) groups excluding carboxylic acids is 2. The van der Waals surface area contributed by atoms with Crippen LogP contribution in [-0.2, 0) is 27.8 Å². The topological polar surface area (TPSA) is 61.8 Å². The number of halogens is 2. The first-order chi connectivity index (χ1) is 20.3. The summed E-state index contributed by atoms with van der Waals surface area (Å²) >= 11 is -2.06. The molecule has 0 N–H and O–H groups in total. The summed E-state index contributed by atoms with van der Waals surface area (Å²) in [6.45, 7) is 3.81. The first kappa shape index (κ1) is 35.9. The Morgan fingerprint density at radius 2 is 1.31 bits per heavy atom. The summed E-state index contributed by atoms with van der Waals surface area (Å²) in [6.07, 6.45) is 23.7. The van der Waals surface area contributed by atoms with E-state index in [-0.39, 0.29) is 26.9 Å². The molecular weight excluding hydrogens is 679 g/mol. The van der Waals surface area contributed by atoms with Gasteiger partial charge in [-0.1, -0.05) is 19.3 Å². The molecule has 0 atom stereocenters. The van der Waals surface area contributed by atoms with Crippen molar-refractivity contribution in [2.45, 2.75) is 146 Å². The molecule has 0 saturated heterocycles. The van der Waals surface area contributed by atoms with Crippen molar-refractivity contribution in [1.29, 1.82) is 0 Å². The predicted molar refractivity (Wildman–Crippen MR) is 175 cm³/mol. The van der Waals surface area contributed by atoms with Crippen molar-refractivity contribution >= 4 is 43.9 Å². The number of ether oxygens (including phenoxy) is 3. The Hall–Kier alpha value is -0.537.